The lowest BCUT2D eigenvalue weighted by Crippen LogP contribution is -2.44. The van der Waals surface area contributed by atoms with Crippen molar-refractivity contribution in [2.45, 2.75) is 53.1 Å². The molecule has 34 heavy (non-hydrogen) atoms. The lowest BCUT2D eigenvalue weighted by molar-refractivity contribution is -0.130. The number of fused-ring (bicyclic) bond motifs is 1. The Kier molecular flexibility index (Phi) is 6.86. The molecule has 0 spiro atoms. The van der Waals surface area contributed by atoms with Gasteiger partial charge >= 0.3 is 0 Å². The fraction of sp³-hybridized carbons (Fsp3) is 0.440. The Hall–Kier alpha value is -3.04. The van der Waals surface area contributed by atoms with E-state index in [1.54, 1.807) is 13.8 Å². The molecule has 4 rings (SSSR count). The summed E-state index contributed by atoms with van der Waals surface area (Å²) < 4.78 is 0. The SMILES string of the molecule is CC(=O)N(C)C1CCN(Cc2nc3sc(C(=O)Nc4ccc(C)cc4C)c(C)c3c(=O)[nH]2)CC1. The van der Waals surface area contributed by atoms with E-state index in [1.807, 2.05) is 44.0 Å². The summed E-state index contributed by atoms with van der Waals surface area (Å²) in [6, 6.07) is 6.12. The molecule has 2 amide bonds. The molecule has 3 heterocycles. The summed E-state index contributed by atoms with van der Waals surface area (Å²) in [6.07, 6.45) is 1.78. The van der Waals surface area contributed by atoms with Gasteiger partial charge in [0.25, 0.3) is 11.5 Å². The number of nitrogens with one attached hydrogen (secondary N) is 2. The van der Waals surface area contributed by atoms with E-state index in [0.29, 0.717) is 33.0 Å². The van der Waals surface area contributed by atoms with E-state index in [4.69, 9.17) is 0 Å². The highest BCUT2D eigenvalue weighted by molar-refractivity contribution is 7.20. The fourth-order valence-corrected chi connectivity index (χ4v) is 5.64. The number of likely N-dealkylation sites (tertiary alicyclic amines) is 1. The minimum atomic E-state index is -0.231. The lowest BCUT2D eigenvalue weighted by atomic mass is 10.0. The van der Waals surface area contributed by atoms with E-state index < -0.39 is 0 Å². The number of piperidine rings is 1. The van der Waals surface area contributed by atoms with Crippen molar-refractivity contribution < 1.29 is 9.59 Å². The molecule has 2 N–H and O–H groups in total. The van der Waals surface area contributed by atoms with E-state index in [0.717, 1.165) is 42.7 Å². The minimum absolute atomic E-state index is 0.0837. The molecule has 1 saturated heterocycles. The zero-order valence-electron chi connectivity index (χ0n) is 20.3. The lowest BCUT2D eigenvalue weighted by Gasteiger charge is -2.36. The molecule has 3 aromatic rings. The van der Waals surface area contributed by atoms with Gasteiger partial charge in [0.15, 0.2) is 0 Å². The van der Waals surface area contributed by atoms with Crippen LogP contribution in [-0.2, 0) is 11.3 Å². The Bertz CT molecular complexity index is 1300. The summed E-state index contributed by atoms with van der Waals surface area (Å²) in [5.74, 6) is 0.448. The molecule has 8 nitrogen and oxygen atoms in total. The number of carbonyl (C=O) groups excluding carboxylic acids is 2. The minimum Gasteiger partial charge on any atom is -0.343 e. The smallest absolute Gasteiger partial charge is 0.266 e. The molecule has 0 atom stereocenters. The summed E-state index contributed by atoms with van der Waals surface area (Å²) in [5.41, 5.74) is 3.31. The highest BCUT2D eigenvalue weighted by atomic mass is 32.1. The third kappa shape index (κ3) is 4.90. The number of anilines is 1. The van der Waals surface area contributed by atoms with Gasteiger partial charge in [0.05, 0.1) is 16.8 Å². The normalized spacial score (nSPS) is 15.0. The molecule has 0 radical (unpaired) electrons. The van der Waals surface area contributed by atoms with E-state index in [2.05, 4.69) is 20.2 Å². The molecule has 0 bridgehead atoms. The van der Waals surface area contributed by atoms with E-state index in [1.165, 1.54) is 11.3 Å². The molecule has 180 valence electrons. The van der Waals surface area contributed by atoms with Gasteiger partial charge in [-0.15, -0.1) is 11.3 Å². The number of aryl methyl sites for hydroxylation is 3. The number of benzene rings is 1. The first-order chi connectivity index (χ1) is 16.1. The molecule has 0 unspecified atom stereocenters. The third-order valence-corrected chi connectivity index (χ3v) is 7.85. The van der Waals surface area contributed by atoms with Gasteiger partial charge in [0.1, 0.15) is 10.7 Å². The Labute approximate surface area is 203 Å². The Morgan fingerprint density at radius 2 is 1.94 bits per heavy atom. The number of thiophene rings is 1. The molecular formula is C25H31N5O3S. The van der Waals surface area contributed by atoms with Gasteiger partial charge in [-0.2, -0.15) is 0 Å². The monoisotopic (exact) mass is 481 g/mol. The number of rotatable bonds is 5. The van der Waals surface area contributed by atoms with E-state index in [-0.39, 0.29) is 23.4 Å². The van der Waals surface area contributed by atoms with Crippen molar-refractivity contribution in [1.29, 1.82) is 0 Å². The molecule has 1 fully saturated rings. The van der Waals surface area contributed by atoms with Gasteiger partial charge in [-0.1, -0.05) is 17.7 Å². The van der Waals surface area contributed by atoms with Crippen LogP contribution in [-0.4, -0.2) is 57.8 Å². The van der Waals surface area contributed by atoms with Crippen LogP contribution in [0.5, 0.6) is 0 Å². The Balaban J connectivity index is 1.51. The molecule has 9 heteroatoms. The third-order valence-electron chi connectivity index (χ3n) is 6.66. The summed E-state index contributed by atoms with van der Waals surface area (Å²) in [7, 11) is 1.85. The maximum Gasteiger partial charge on any atom is 0.266 e. The van der Waals surface area contributed by atoms with Crippen LogP contribution in [0.1, 0.15) is 52.0 Å². The number of aromatic amines is 1. The van der Waals surface area contributed by atoms with Crippen LogP contribution in [0.15, 0.2) is 23.0 Å². The zero-order valence-corrected chi connectivity index (χ0v) is 21.1. The quantitative estimate of drug-likeness (QED) is 0.580. The molecular weight excluding hydrogens is 450 g/mol. The van der Waals surface area contributed by atoms with E-state index in [9.17, 15) is 14.4 Å². The van der Waals surface area contributed by atoms with Crippen molar-refractivity contribution in [2.24, 2.45) is 0 Å². The van der Waals surface area contributed by atoms with Crippen LogP contribution in [0.4, 0.5) is 5.69 Å². The van der Waals surface area contributed by atoms with Gasteiger partial charge in [-0.3, -0.25) is 19.3 Å². The zero-order chi connectivity index (χ0) is 24.6. The maximum absolute atomic E-state index is 13.0. The van der Waals surface area contributed by atoms with Gasteiger partial charge in [0, 0.05) is 38.8 Å². The van der Waals surface area contributed by atoms with Gasteiger partial charge < -0.3 is 15.2 Å². The number of amides is 2. The summed E-state index contributed by atoms with van der Waals surface area (Å²) in [5, 5.41) is 3.45. The van der Waals surface area contributed by atoms with Crippen molar-refractivity contribution in [3.63, 3.8) is 0 Å². The van der Waals surface area contributed by atoms with Crippen LogP contribution in [0.25, 0.3) is 10.2 Å². The van der Waals surface area contributed by atoms with Gasteiger partial charge in [-0.25, -0.2) is 4.98 Å². The second kappa shape index (κ2) is 9.68. The highest BCUT2D eigenvalue weighted by Crippen LogP contribution is 2.29. The maximum atomic E-state index is 13.0. The fourth-order valence-electron chi connectivity index (χ4n) is 4.55. The average molecular weight is 482 g/mol. The number of nitrogens with zero attached hydrogens (tertiary/aromatic N) is 3. The first kappa shape index (κ1) is 24.1. The largest absolute Gasteiger partial charge is 0.343 e. The Morgan fingerprint density at radius 3 is 2.59 bits per heavy atom. The topological polar surface area (TPSA) is 98.4 Å². The standard InChI is InChI=1S/C25H31N5O3S/c1-14-6-7-19(15(2)12-14)26-24(33)22-16(3)21-23(32)27-20(28-25(21)34-22)13-30-10-8-18(9-11-30)29(5)17(4)31/h6-7,12,18H,8-11,13H2,1-5H3,(H,26,33)(H,27,28,32). The van der Waals surface area contributed by atoms with Crippen LogP contribution in [0.2, 0.25) is 0 Å². The number of hydrogen-bond donors (Lipinski definition) is 2. The summed E-state index contributed by atoms with van der Waals surface area (Å²) >= 11 is 1.25. The van der Waals surface area contributed by atoms with Crippen molar-refractivity contribution in [3.8, 4) is 0 Å². The predicted octanol–water partition coefficient (Wildman–Crippen LogP) is 3.60. The molecule has 1 aliphatic rings. The number of hydrogen-bond acceptors (Lipinski definition) is 6. The molecule has 1 aliphatic heterocycles. The Morgan fingerprint density at radius 1 is 1.24 bits per heavy atom. The van der Waals surface area contributed by atoms with Gasteiger partial charge in [-0.05, 0) is 50.8 Å². The first-order valence-corrected chi connectivity index (χ1v) is 12.3. The van der Waals surface area contributed by atoms with Crippen LogP contribution < -0.4 is 10.9 Å². The van der Waals surface area contributed by atoms with Crippen molar-refractivity contribution >= 4 is 39.1 Å². The number of carbonyl (C=O) groups is 2. The predicted molar refractivity (Wildman–Crippen MR) is 136 cm³/mol. The average Bonchev–Trinajstić information content (AvgIpc) is 3.12. The first-order valence-electron chi connectivity index (χ1n) is 11.5. The van der Waals surface area contributed by atoms with Crippen LogP contribution >= 0.6 is 11.3 Å². The highest BCUT2D eigenvalue weighted by Gasteiger charge is 2.25. The molecule has 2 aromatic heterocycles. The van der Waals surface area contributed by atoms with Crippen molar-refractivity contribution in [3.05, 3.63) is 55.9 Å². The number of aromatic nitrogens is 2. The van der Waals surface area contributed by atoms with Crippen molar-refractivity contribution in [2.75, 3.05) is 25.5 Å². The summed E-state index contributed by atoms with van der Waals surface area (Å²) in [4.78, 5) is 50.2. The van der Waals surface area contributed by atoms with Gasteiger partial charge in [0.2, 0.25) is 5.91 Å². The van der Waals surface area contributed by atoms with E-state index >= 15 is 0 Å². The molecule has 0 aliphatic carbocycles. The summed E-state index contributed by atoms with van der Waals surface area (Å²) in [6.45, 7) is 9.55. The van der Waals surface area contributed by atoms with Crippen molar-refractivity contribution in [1.82, 2.24) is 19.8 Å². The number of H-pyrrole nitrogens is 1. The molecule has 1 aromatic carbocycles. The molecule has 0 saturated carbocycles. The second-order valence-electron chi connectivity index (χ2n) is 9.16. The van der Waals surface area contributed by atoms with Crippen LogP contribution in [0.3, 0.4) is 0 Å². The second-order valence-corrected chi connectivity index (χ2v) is 10.2. The van der Waals surface area contributed by atoms with Crippen LogP contribution in [0, 0.1) is 20.8 Å².